The smallest absolute Gasteiger partial charge is 0.259 e. The average Bonchev–Trinajstić information content (AvgIpc) is 3.23. The van der Waals surface area contributed by atoms with E-state index in [1.165, 1.54) is 17.0 Å². The molecule has 1 aliphatic carbocycles. The van der Waals surface area contributed by atoms with Crippen LogP contribution in [0.3, 0.4) is 0 Å². The number of carbonyl (C=O) groups excluding carboxylic acids is 1. The summed E-state index contributed by atoms with van der Waals surface area (Å²) < 4.78 is 29.8. The van der Waals surface area contributed by atoms with E-state index in [1.807, 2.05) is 13.8 Å². The number of hydrogen-bond acceptors (Lipinski definition) is 6. The Balaban J connectivity index is 1.71. The largest absolute Gasteiger partial charge is 0.356 e. The molecule has 0 saturated heterocycles. The first-order chi connectivity index (χ1) is 13.6. The van der Waals surface area contributed by atoms with E-state index in [2.05, 4.69) is 9.82 Å². The molecule has 1 atom stereocenters. The third kappa shape index (κ3) is 3.63. The highest BCUT2D eigenvalue weighted by Gasteiger charge is 2.42. The monoisotopic (exact) mass is 419 g/mol. The summed E-state index contributed by atoms with van der Waals surface area (Å²) in [5.74, 6) is -0.421. The number of fused-ring (bicyclic) bond motifs is 1. The van der Waals surface area contributed by atoms with Crippen LogP contribution in [0.25, 0.3) is 0 Å². The molecule has 1 fully saturated rings. The number of amides is 1. The average molecular weight is 420 g/mol. The maximum Gasteiger partial charge on any atom is 0.259 e. The first kappa shape index (κ1) is 19.9. The number of aliphatic hydroxyl groups is 1. The van der Waals surface area contributed by atoms with Crippen molar-refractivity contribution >= 4 is 21.6 Å². The Bertz CT molecular complexity index is 1060. The molecule has 10 heteroatoms. The van der Waals surface area contributed by atoms with E-state index >= 15 is 0 Å². The number of carbonyl (C=O) groups is 1. The molecule has 1 saturated carbocycles. The van der Waals surface area contributed by atoms with E-state index in [4.69, 9.17) is 0 Å². The van der Waals surface area contributed by atoms with Gasteiger partial charge in [-0.1, -0.05) is 0 Å². The highest BCUT2D eigenvalue weighted by molar-refractivity contribution is 7.89. The zero-order valence-corrected chi connectivity index (χ0v) is 17.5. The Labute approximate surface area is 170 Å². The lowest BCUT2D eigenvalue weighted by Gasteiger charge is -2.42. The van der Waals surface area contributed by atoms with Crippen LogP contribution in [0.15, 0.2) is 35.5 Å². The van der Waals surface area contributed by atoms with Crippen molar-refractivity contribution in [3.8, 4) is 0 Å². The Hall–Kier alpha value is -2.43. The molecule has 1 amide bonds. The lowest BCUT2D eigenvalue weighted by molar-refractivity contribution is -0.00181. The number of rotatable bonds is 6. The van der Waals surface area contributed by atoms with E-state index in [0.717, 1.165) is 18.4 Å². The number of aryl methyl sites for hydroxylation is 1. The van der Waals surface area contributed by atoms with Gasteiger partial charge in [0.2, 0.25) is 16.4 Å². The molecule has 0 spiro atoms. The second kappa shape index (κ2) is 6.82. The van der Waals surface area contributed by atoms with Gasteiger partial charge < -0.3 is 10.0 Å². The molecule has 1 aromatic heterocycles. The number of anilines is 1. The van der Waals surface area contributed by atoms with E-state index in [0.29, 0.717) is 12.2 Å². The number of sulfonamides is 1. The Morgan fingerprint density at radius 1 is 1.31 bits per heavy atom. The van der Waals surface area contributed by atoms with Gasteiger partial charge in [0.15, 0.2) is 0 Å². The van der Waals surface area contributed by atoms with Crippen molar-refractivity contribution in [1.29, 1.82) is 0 Å². The summed E-state index contributed by atoms with van der Waals surface area (Å²) in [6.45, 7) is 4.34. The topological polar surface area (TPSA) is 108 Å². The van der Waals surface area contributed by atoms with Gasteiger partial charge in [-0.2, -0.15) is 5.10 Å². The predicted octanol–water partition coefficient (Wildman–Crippen LogP) is 1.01. The molecule has 1 unspecified atom stereocenters. The molecular weight excluding hydrogens is 394 g/mol. The van der Waals surface area contributed by atoms with Crippen LogP contribution in [-0.2, 0) is 23.6 Å². The van der Waals surface area contributed by atoms with Gasteiger partial charge in [-0.15, -0.1) is 0 Å². The molecule has 0 radical (unpaired) electrons. The standard InChI is InChI=1S/C19H25N5O4S/c1-4-23-16-6-5-14(29(27,28)21-19(2)7-8-19)9-15(16)17(25)24(18(23)26)12-13-10-20-22(3)11-13/h5-6,9-11,18,21,26H,4,7-8,12H2,1-3H3. The third-order valence-corrected chi connectivity index (χ3v) is 7.11. The summed E-state index contributed by atoms with van der Waals surface area (Å²) >= 11 is 0. The summed E-state index contributed by atoms with van der Waals surface area (Å²) in [6.07, 6.45) is 3.85. The molecule has 9 nitrogen and oxygen atoms in total. The summed E-state index contributed by atoms with van der Waals surface area (Å²) in [5, 5.41) is 14.9. The van der Waals surface area contributed by atoms with Crippen molar-refractivity contribution in [2.45, 2.75) is 50.0 Å². The van der Waals surface area contributed by atoms with Gasteiger partial charge in [-0.3, -0.25) is 14.4 Å². The minimum absolute atomic E-state index is 0.0477. The third-order valence-electron chi connectivity index (χ3n) is 5.47. The van der Waals surface area contributed by atoms with Gasteiger partial charge >= 0.3 is 0 Å². The van der Waals surface area contributed by atoms with E-state index < -0.39 is 27.8 Å². The molecule has 156 valence electrons. The predicted molar refractivity (Wildman–Crippen MR) is 107 cm³/mol. The highest BCUT2D eigenvalue weighted by atomic mass is 32.2. The second-order valence-corrected chi connectivity index (χ2v) is 9.62. The van der Waals surface area contributed by atoms with Gasteiger partial charge in [0, 0.05) is 30.9 Å². The summed E-state index contributed by atoms with van der Waals surface area (Å²) in [4.78, 5) is 16.2. The maximum atomic E-state index is 13.2. The Kier molecular flexibility index (Phi) is 4.67. The number of benzene rings is 1. The summed E-state index contributed by atoms with van der Waals surface area (Å²) in [5.41, 5.74) is 1.14. The van der Waals surface area contributed by atoms with Crippen LogP contribution >= 0.6 is 0 Å². The number of nitrogens with one attached hydrogen (secondary N) is 1. The molecule has 2 heterocycles. The number of aliphatic hydroxyl groups excluding tert-OH is 1. The Morgan fingerprint density at radius 3 is 2.62 bits per heavy atom. The van der Waals surface area contributed by atoms with Crippen LogP contribution in [0.5, 0.6) is 0 Å². The van der Waals surface area contributed by atoms with Gasteiger partial charge in [-0.25, -0.2) is 13.1 Å². The fraction of sp³-hybridized carbons (Fsp3) is 0.474. The first-order valence-electron chi connectivity index (χ1n) is 9.55. The van der Waals surface area contributed by atoms with Gasteiger partial charge in [0.05, 0.1) is 28.9 Å². The van der Waals surface area contributed by atoms with Crippen LogP contribution in [0.2, 0.25) is 0 Å². The van der Waals surface area contributed by atoms with E-state index in [9.17, 15) is 18.3 Å². The van der Waals surface area contributed by atoms with Gasteiger partial charge in [0.1, 0.15) is 0 Å². The number of aromatic nitrogens is 2. The minimum Gasteiger partial charge on any atom is -0.356 e. The molecule has 0 bridgehead atoms. The second-order valence-electron chi connectivity index (χ2n) is 7.93. The Morgan fingerprint density at radius 2 is 2.03 bits per heavy atom. The zero-order valence-electron chi connectivity index (χ0n) is 16.7. The van der Waals surface area contributed by atoms with Crippen LogP contribution in [0.1, 0.15) is 42.6 Å². The molecular formula is C19H25N5O4S. The summed E-state index contributed by atoms with van der Waals surface area (Å²) in [6, 6.07) is 4.47. The quantitative estimate of drug-likeness (QED) is 0.724. The van der Waals surface area contributed by atoms with Crippen molar-refractivity contribution in [1.82, 2.24) is 19.4 Å². The first-order valence-corrected chi connectivity index (χ1v) is 11.0. The van der Waals surface area contributed by atoms with Crippen LogP contribution < -0.4 is 9.62 Å². The normalized spacial score (nSPS) is 20.7. The molecule has 1 aliphatic heterocycles. The van der Waals surface area contributed by atoms with E-state index in [-0.39, 0.29) is 17.0 Å². The molecule has 4 rings (SSSR count). The van der Waals surface area contributed by atoms with Crippen molar-refractivity contribution < 1.29 is 18.3 Å². The molecule has 1 aromatic carbocycles. The maximum absolute atomic E-state index is 13.2. The molecule has 2 aromatic rings. The highest BCUT2D eigenvalue weighted by Crippen LogP contribution is 2.37. The van der Waals surface area contributed by atoms with Crippen LogP contribution in [-0.4, -0.2) is 52.5 Å². The SMILES string of the molecule is CCN1c2ccc(S(=O)(=O)NC3(C)CC3)cc2C(=O)N(Cc2cnn(C)c2)C1O. The molecule has 29 heavy (non-hydrogen) atoms. The summed E-state index contributed by atoms with van der Waals surface area (Å²) in [7, 11) is -1.96. The molecule has 2 aliphatic rings. The van der Waals surface area contributed by atoms with Crippen LogP contribution in [0, 0.1) is 0 Å². The fourth-order valence-electron chi connectivity index (χ4n) is 3.57. The van der Waals surface area contributed by atoms with Gasteiger partial charge in [-0.05, 0) is 44.9 Å². The fourth-order valence-corrected chi connectivity index (χ4v) is 5.06. The number of nitrogens with zero attached hydrogens (tertiary/aromatic N) is 4. The number of hydrogen-bond donors (Lipinski definition) is 2. The van der Waals surface area contributed by atoms with E-state index in [1.54, 1.807) is 35.1 Å². The lowest BCUT2D eigenvalue weighted by Crippen LogP contribution is -2.54. The van der Waals surface area contributed by atoms with Gasteiger partial charge in [0.25, 0.3) is 5.91 Å². The minimum atomic E-state index is -3.74. The van der Waals surface area contributed by atoms with Crippen molar-refractivity contribution in [3.05, 3.63) is 41.7 Å². The molecule has 2 N–H and O–H groups in total. The zero-order chi connectivity index (χ0) is 21.0. The van der Waals surface area contributed by atoms with Crippen LogP contribution in [0.4, 0.5) is 5.69 Å². The van der Waals surface area contributed by atoms with Crippen molar-refractivity contribution in [2.75, 3.05) is 11.4 Å². The lowest BCUT2D eigenvalue weighted by atomic mass is 10.1. The van der Waals surface area contributed by atoms with Crippen molar-refractivity contribution in [3.63, 3.8) is 0 Å². The van der Waals surface area contributed by atoms with Crippen molar-refractivity contribution in [2.24, 2.45) is 7.05 Å².